The van der Waals surface area contributed by atoms with Gasteiger partial charge in [-0.3, -0.25) is 14.4 Å². The summed E-state index contributed by atoms with van der Waals surface area (Å²) < 4.78 is 7.85. The molecule has 34 heavy (non-hydrogen) atoms. The third-order valence-corrected chi connectivity index (χ3v) is 7.74. The van der Waals surface area contributed by atoms with Crippen LogP contribution in [0.3, 0.4) is 0 Å². The maximum absolute atomic E-state index is 13.2. The van der Waals surface area contributed by atoms with E-state index in [4.69, 9.17) is 4.74 Å². The van der Waals surface area contributed by atoms with Crippen LogP contribution in [0.15, 0.2) is 30.6 Å². The number of anilines is 2. The molecule has 1 unspecified atom stereocenters. The van der Waals surface area contributed by atoms with E-state index in [9.17, 15) is 9.59 Å². The van der Waals surface area contributed by atoms with Gasteiger partial charge in [-0.2, -0.15) is 5.10 Å². The normalized spacial score (nSPS) is 23.4. The summed E-state index contributed by atoms with van der Waals surface area (Å²) in [7, 11) is 0. The first-order valence-corrected chi connectivity index (χ1v) is 12.8. The van der Waals surface area contributed by atoms with Gasteiger partial charge < -0.3 is 15.0 Å². The lowest BCUT2D eigenvalue weighted by atomic mass is 9.96. The zero-order valence-electron chi connectivity index (χ0n) is 19.8. The number of piperidine rings is 1. The smallest absolute Gasteiger partial charge is 0.414 e. The van der Waals surface area contributed by atoms with Crippen LogP contribution in [0.2, 0.25) is 0 Å². The fourth-order valence-corrected chi connectivity index (χ4v) is 5.29. The molecule has 180 valence electrons. The standard InChI is InChI=1S/C26H33N5O3/c1-17-15-29(26(33)34-22-3-2-4-22)24-13-19(7-8-23(24)31(17)25(32)18-5-6-18)20-14-28-30(16-20)21-9-11-27-12-10-21/h7-8,13-14,16-18,21-22,27H,2-6,9-12,15H2,1H3. The summed E-state index contributed by atoms with van der Waals surface area (Å²) in [5.74, 6) is 0.291. The molecule has 1 saturated heterocycles. The van der Waals surface area contributed by atoms with Crippen LogP contribution in [-0.2, 0) is 9.53 Å². The minimum atomic E-state index is -0.307. The second-order valence-corrected chi connectivity index (χ2v) is 10.3. The number of amides is 2. The zero-order valence-corrected chi connectivity index (χ0v) is 19.8. The fourth-order valence-electron chi connectivity index (χ4n) is 5.29. The first-order chi connectivity index (χ1) is 16.6. The molecule has 2 aromatic rings. The zero-order chi connectivity index (χ0) is 23.2. The van der Waals surface area contributed by atoms with Gasteiger partial charge in [-0.15, -0.1) is 0 Å². The van der Waals surface area contributed by atoms with E-state index >= 15 is 0 Å². The number of fused-ring (bicyclic) bond motifs is 1. The molecule has 0 radical (unpaired) electrons. The van der Waals surface area contributed by atoms with Gasteiger partial charge in [-0.05, 0) is 82.7 Å². The molecule has 3 fully saturated rings. The van der Waals surface area contributed by atoms with E-state index in [1.807, 2.05) is 36.2 Å². The highest BCUT2D eigenvalue weighted by atomic mass is 16.6. The van der Waals surface area contributed by atoms with Crippen LogP contribution in [0.25, 0.3) is 11.1 Å². The van der Waals surface area contributed by atoms with Crippen molar-refractivity contribution in [2.24, 2.45) is 5.92 Å². The lowest BCUT2D eigenvalue weighted by Crippen LogP contribution is -2.53. The van der Waals surface area contributed by atoms with Crippen molar-refractivity contribution in [2.45, 2.75) is 70.1 Å². The van der Waals surface area contributed by atoms with E-state index in [1.54, 1.807) is 4.90 Å². The van der Waals surface area contributed by atoms with Crippen molar-refractivity contribution < 1.29 is 14.3 Å². The van der Waals surface area contributed by atoms with Crippen molar-refractivity contribution in [3.05, 3.63) is 30.6 Å². The summed E-state index contributed by atoms with van der Waals surface area (Å²) in [6, 6.07) is 6.38. The predicted molar refractivity (Wildman–Crippen MR) is 130 cm³/mol. The Kier molecular flexibility index (Phi) is 5.56. The molecule has 1 aromatic carbocycles. The largest absolute Gasteiger partial charge is 0.446 e. The molecule has 2 saturated carbocycles. The first-order valence-electron chi connectivity index (χ1n) is 12.8. The molecule has 3 heterocycles. The molecule has 0 spiro atoms. The summed E-state index contributed by atoms with van der Waals surface area (Å²) >= 11 is 0. The van der Waals surface area contributed by atoms with Crippen molar-refractivity contribution in [2.75, 3.05) is 29.4 Å². The maximum Gasteiger partial charge on any atom is 0.414 e. The molecule has 0 bridgehead atoms. The highest BCUT2D eigenvalue weighted by molar-refractivity contribution is 6.05. The van der Waals surface area contributed by atoms with E-state index in [2.05, 4.69) is 21.3 Å². The Hall–Kier alpha value is -2.87. The summed E-state index contributed by atoms with van der Waals surface area (Å²) in [6.45, 7) is 4.48. The minimum Gasteiger partial charge on any atom is -0.446 e. The number of carbonyl (C=O) groups is 2. The third-order valence-electron chi connectivity index (χ3n) is 7.74. The quantitative estimate of drug-likeness (QED) is 0.738. The van der Waals surface area contributed by atoms with Crippen LogP contribution in [0.5, 0.6) is 0 Å². The molecule has 1 aromatic heterocycles. The van der Waals surface area contributed by atoms with Crippen molar-refractivity contribution in [3.8, 4) is 11.1 Å². The average Bonchev–Trinajstić information content (AvgIpc) is 3.57. The van der Waals surface area contributed by atoms with E-state index in [-0.39, 0.29) is 30.1 Å². The molecule has 8 heteroatoms. The lowest BCUT2D eigenvalue weighted by molar-refractivity contribution is -0.120. The SMILES string of the molecule is CC1CN(C(=O)OC2CCC2)c2cc(-c3cnn(C4CCNCC4)c3)ccc2N1C(=O)C1CC1. The molecular formula is C26H33N5O3. The second kappa shape index (κ2) is 8.73. The Morgan fingerprint density at radius 2 is 1.82 bits per heavy atom. The molecule has 1 atom stereocenters. The topological polar surface area (TPSA) is 79.7 Å². The van der Waals surface area contributed by atoms with E-state index in [0.717, 1.165) is 80.5 Å². The van der Waals surface area contributed by atoms with Crippen LogP contribution in [0.1, 0.15) is 57.9 Å². The molecule has 2 aliphatic carbocycles. The second-order valence-electron chi connectivity index (χ2n) is 10.3. The van der Waals surface area contributed by atoms with Crippen molar-refractivity contribution in [3.63, 3.8) is 0 Å². The number of carbonyl (C=O) groups excluding carboxylic acids is 2. The Balaban J connectivity index is 1.34. The number of ether oxygens (including phenoxy) is 1. The minimum absolute atomic E-state index is 0.0174. The van der Waals surface area contributed by atoms with Gasteiger partial charge in [-0.25, -0.2) is 4.79 Å². The van der Waals surface area contributed by atoms with E-state index in [0.29, 0.717) is 12.6 Å². The first kappa shape index (κ1) is 21.6. The van der Waals surface area contributed by atoms with Gasteiger partial charge in [0, 0.05) is 24.2 Å². The summed E-state index contributed by atoms with van der Waals surface area (Å²) in [6.07, 6.45) is 10.8. The Morgan fingerprint density at radius 3 is 2.53 bits per heavy atom. The van der Waals surface area contributed by atoms with Gasteiger partial charge in [0.15, 0.2) is 0 Å². The van der Waals surface area contributed by atoms with Gasteiger partial charge >= 0.3 is 6.09 Å². The summed E-state index contributed by atoms with van der Waals surface area (Å²) in [5, 5.41) is 8.05. The number of aromatic nitrogens is 2. The third kappa shape index (κ3) is 3.98. The number of hydrogen-bond acceptors (Lipinski definition) is 5. The summed E-state index contributed by atoms with van der Waals surface area (Å²) in [5.41, 5.74) is 3.57. The average molecular weight is 464 g/mol. The Labute approximate surface area is 200 Å². The van der Waals surface area contributed by atoms with E-state index in [1.165, 1.54) is 0 Å². The molecule has 1 N–H and O–H groups in total. The molecular weight excluding hydrogens is 430 g/mol. The monoisotopic (exact) mass is 463 g/mol. The molecule has 4 aliphatic rings. The Bertz CT molecular complexity index is 1080. The number of hydrogen-bond donors (Lipinski definition) is 1. The van der Waals surface area contributed by atoms with Gasteiger partial charge in [0.1, 0.15) is 6.10 Å². The van der Waals surface area contributed by atoms with Crippen molar-refractivity contribution in [1.29, 1.82) is 0 Å². The summed E-state index contributed by atoms with van der Waals surface area (Å²) in [4.78, 5) is 30.0. The Morgan fingerprint density at radius 1 is 1.03 bits per heavy atom. The lowest BCUT2D eigenvalue weighted by Gasteiger charge is -2.41. The molecule has 6 rings (SSSR count). The van der Waals surface area contributed by atoms with Crippen LogP contribution >= 0.6 is 0 Å². The van der Waals surface area contributed by atoms with Gasteiger partial charge in [0.2, 0.25) is 5.91 Å². The van der Waals surface area contributed by atoms with Gasteiger partial charge in [0.05, 0.1) is 29.7 Å². The predicted octanol–water partition coefficient (Wildman–Crippen LogP) is 4.12. The van der Waals surface area contributed by atoms with Crippen LogP contribution < -0.4 is 15.1 Å². The van der Waals surface area contributed by atoms with Gasteiger partial charge in [-0.1, -0.05) is 6.07 Å². The van der Waals surface area contributed by atoms with Crippen molar-refractivity contribution >= 4 is 23.4 Å². The highest BCUT2D eigenvalue weighted by Gasteiger charge is 2.42. The van der Waals surface area contributed by atoms with E-state index < -0.39 is 0 Å². The van der Waals surface area contributed by atoms with Gasteiger partial charge in [0.25, 0.3) is 0 Å². The number of nitrogens with zero attached hydrogens (tertiary/aromatic N) is 4. The number of benzene rings is 1. The molecule has 2 aliphatic heterocycles. The number of nitrogens with one attached hydrogen (secondary N) is 1. The van der Waals surface area contributed by atoms with Crippen molar-refractivity contribution in [1.82, 2.24) is 15.1 Å². The number of rotatable bonds is 4. The van der Waals surface area contributed by atoms with Crippen LogP contribution in [0.4, 0.5) is 16.2 Å². The highest BCUT2D eigenvalue weighted by Crippen LogP contribution is 2.42. The van der Waals surface area contributed by atoms with Crippen LogP contribution in [0, 0.1) is 5.92 Å². The maximum atomic E-state index is 13.2. The van der Waals surface area contributed by atoms with Crippen LogP contribution in [-0.4, -0.2) is 53.6 Å². The fraction of sp³-hybridized carbons (Fsp3) is 0.577. The molecule has 8 nitrogen and oxygen atoms in total. The molecule has 2 amide bonds.